The number of phenols is 1. The van der Waals surface area contributed by atoms with Gasteiger partial charge in [-0.2, -0.15) is 0 Å². The van der Waals surface area contributed by atoms with Crippen LogP contribution in [-0.2, 0) is 20.8 Å². The monoisotopic (exact) mass is 655 g/mol. The Morgan fingerprint density at radius 3 is 2.21 bits per heavy atom. The first-order chi connectivity index (χ1) is 22.8. The van der Waals surface area contributed by atoms with Crippen molar-refractivity contribution in [3.05, 3.63) is 88.7 Å². The molecule has 3 aromatic carbocycles. The minimum absolute atomic E-state index is 0.0194. The van der Waals surface area contributed by atoms with E-state index in [-0.39, 0.29) is 29.7 Å². The Hall–Kier alpha value is -5.66. The van der Waals surface area contributed by atoms with Crippen molar-refractivity contribution in [2.24, 2.45) is 17.6 Å². The van der Waals surface area contributed by atoms with Gasteiger partial charge in [0, 0.05) is 17.2 Å². The highest BCUT2D eigenvalue weighted by atomic mass is 16.6. The molecule has 48 heavy (non-hydrogen) atoms. The average molecular weight is 656 g/mol. The van der Waals surface area contributed by atoms with E-state index in [1.54, 1.807) is 68.7 Å². The maximum absolute atomic E-state index is 14.0. The predicted molar refractivity (Wildman–Crippen MR) is 172 cm³/mol. The molecule has 248 valence electrons. The Labute approximate surface area is 274 Å². The van der Waals surface area contributed by atoms with Crippen molar-refractivity contribution in [3.63, 3.8) is 0 Å². The van der Waals surface area contributed by atoms with E-state index in [1.165, 1.54) is 18.1 Å². The number of benzene rings is 3. The molecule has 0 heterocycles. The molecule has 4 atom stereocenters. The Kier molecular flexibility index (Phi) is 7.97. The van der Waals surface area contributed by atoms with Crippen LogP contribution in [0.3, 0.4) is 0 Å². The van der Waals surface area contributed by atoms with Crippen LogP contribution < -0.4 is 20.5 Å². The van der Waals surface area contributed by atoms with E-state index in [0.717, 1.165) is 0 Å². The molecule has 6 rings (SSSR count). The molecule has 0 aromatic heterocycles. The summed E-state index contributed by atoms with van der Waals surface area (Å²) in [5.41, 5.74) is 3.79. The highest BCUT2D eigenvalue weighted by Crippen LogP contribution is 2.53. The number of primary amides is 1. The van der Waals surface area contributed by atoms with Gasteiger partial charge in [-0.25, -0.2) is 4.79 Å². The second-order valence-electron chi connectivity index (χ2n) is 12.2. The quantitative estimate of drug-likeness (QED) is 0.212. The first-order valence-electron chi connectivity index (χ1n) is 15.0. The number of hydrogen-bond acceptors (Lipinski definition) is 11. The lowest BCUT2D eigenvalue weighted by molar-refractivity contribution is -0.153. The van der Waals surface area contributed by atoms with Crippen molar-refractivity contribution >= 4 is 35.0 Å². The predicted octanol–water partition coefficient (Wildman–Crippen LogP) is 3.25. The molecule has 0 saturated heterocycles. The molecule has 0 spiro atoms. The van der Waals surface area contributed by atoms with Gasteiger partial charge in [0.1, 0.15) is 34.3 Å². The fourth-order valence-corrected chi connectivity index (χ4v) is 7.14. The van der Waals surface area contributed by atoms with Crippen LogP contribution in [0.5, 0.6) is 17.2 Å². The Bertz CT molecular complexity index is 1930. The van der Waals surface area contributed by atoms with Crippen LogP contribution in [0.25, 0.3) is 16.9 Å². The smallest absolute Gasteiger partial charge is 0.417 e. The van der Waals surface area contributed by atoms with Crippen LogP contribution in [0.15, 0.2) is 77.6 Å². The third-order valence-corrected chi connectivity index (χ3v) is 9.32. The van der Waals surface area contributed by atoms with E-state index in [9.17, 15) is 39.6 Å². The number of aliphatic hydroxyl groups excluding tert-OH is 2. The maximum Gasteiger partial charge on any atom is 0.417 e. The number of carbonyl (C=O) groups is 4. The van der Waals surface area contributed by atoms with E-state index in [1.807, 2.05) is 0 Å². The summed E-state index contributed by atoms with van der Waals surface area (Å²) in [5, 5.41) is 47.8. The van der Waals surface area contributed by atoms with Gasteiger partial charge in [-0.1, -0.05) is 18.2 Å². The van der Waals surface area contributed by atoms with E-state index in [0.29, 0.717) is 33.9 Å². The van der Waals surface area contributed by atoms with Gasteiger partial charge in [-0.15, -0.1) is 0 Å². The highest BCUT2D eigenvalue weighted by molar-refractivity contribution is 6.24. The minimum Gasteiger partial charge on any atom is -0.508 e. The molecule has 1 saturated carbocycles. The van der Waals surface area contributed by atoms with Gasteiger partial charge >= 0.3 is 6.09 Å². The summed E-state index contributed by atoms with van der Waals surface area (Å²) in [6, 6.07) is 15.1. The van der Waals surface area contributed by atoms with Gasteiger partial charge in [-0.05, 0) is 92.0 Å². The standard InChI is InChI=1S/C35H33N3O10/c1-38(2)28-23-15-17-14-22-21(16-4-6-18(7-5-16)37-34(45)48-20-10-8-19(47-3)9-11-20)12-13-24(39)26(22)29(40)25(17)31(42)35(23,46)32(43)27(30(28)41)33(36)44/h4-13,17,23,28,39-40,43,46H,14-15H2,1-3H3,(H2,36,44)(H,37,45)/t17-,23+,28+,35-/m0/s1. The molecule has 3 aromatic rings. The SMILES string of the molecule is COc1ccc(OC(=O)Nc2ccc(-c3ccc(O)c4c3C[C@H]3C[C@@H]5[C@@H](N(C)C)C(=O)C(C(N)=O)=C(O)[C@@]5(O)C(=O)C3=C4O)cc2)cc1. The number of likely N-dealkylation sites (N-methyl/N-ethyl adjacent to an activating group) is 1. The van der Waals surface area contributed by atoms with Crippen molar-refractivity contribution in [3.8, 4) is 28.4 Å². The van der Waals surface area contributed by atoms with Crippen LogP contribution in [0.2, 0.25) is 0 Å². The molecule has 7 N–H and O–H groups in total. The largest absolute Gasteiger partial charge is 0.508 e. The van der Waals surface area contributed by atoms with E-state index >= 15 is 0 Å². The molecule has 2 amide bonds. The van der Waals surface area contributed by atoms with E-state index < -0.39 is 64.1 Å². The number of fused-ring (bicyclic) bond motifs is 3. The van der Waals surface area contributed by atoms with Crippen molar-refractivity contribution < 1.29 is 49.1 Å². The van der Waals surface area contributed by atoms with E-state index in [4.69, 9.17) is 15.2 Å². The lowest BCUT2D eigenvalue weighted by Gasteiger charge is -2.50. The average Bonchev–Trinajstić information content (AvgIpc) is 3.03. The Morgan fingerprint density at radius 2 is 1.60 bits per heavy atom. The van der Waals surface area contributed by atoms with Gasteiger partial charge in [0.2, 0.25) is 5.78 Å². The molecule has 3 aliphatic carbocycles. The summed E-state index contributed by atoms with van der Waals surface area (Å²) in [6.07, 6.45) is -0.604. The third kappa shape index (κ3) is 5.04. The number of ether oxygens (including phenoxy) is 2. The van der Waals surface area contributed by atoms with Crippen molar-refractivity contribution in [1.29, 1.82) is 0 Å². The maximum atomic E-state index is 14.0. The number of aromatic hydroxyl groups is 1. The molecular formula is C35H33N3O10. The molecule has 0 aliphatic heterocycles. The van der Waals surface area contributed by atoms with Crippen molar-refractivity contribution in [1.82, 2.24) is 4.90 Å². The van der Waals surface area contributed by atoms with Gasteiger partial charge in [-0.3, -0.25) is 24.6 Å². The molecule has 0 bridgehead atoms. The zero-order valence-corrected chi connectivity index (χ0v) is 26.2. The Balaban J connectivity index is 1.34. The molecular weight excluding hydrogens is 622 g/mol. The van der Waals surface area contributed by atoms with Crippen molar-refractivity contribution in [2.45, 2.75) is 24.5 Å². The second kappa shape index (κ2) is 11.9. The van der Waals surface area contributed by atoms with E-state index in [2.05, 4.69) is 5.32 Å². The number of rotatable bonds is 6. The van der Waals surface area contributed by atoms with Gasteiger partial charge in [0.25, 0.3) is 5.91 Å². The number of nitrogens with zero attached hydrogens (tertiary/aromatic N) is 1. The molecule has 0 unspecified atom stereocenters. The first kappa shape index (κ1) is 32.3. The first-order valence-corrected chi connectivity index (χ1v) is 15.0. The summed E-state index contributed by atoms with van der Waals surface area (Å²) < 4.78 is 10.4. The number of nitrogens with two attached hydrogens (primary N) is 1. The second-order valence-corrected chi connectivity index (χ2v) is 12.2. The van der Waals surface area contributed by atoms with Crippen molar-refractivity contribution in [2.75, 3.05) is 26.5 Å². The number of anilines is 1. The number of carbonyl (C=O) groups excluding carboxylic acids is 4. The summed E-state index contributed by atoms with van der Waals surface area (Å²) in [7, 11) is 4.61. The lowest BCUT2D eigenvalue weighted by Crippen LogP contribution is -2.65. The number of amides is 2. The number of hydrogen-bond donors (Lipinski definition) is 6. The zero-order valence-electron chi connectivity index (χ0n) is 26.2. The summed E-state index contributed by atoms with van der Waals surface area (Å²) in [4.78, 5) is 53.5. The number of ketones is 2. The number of nitrogens with one attached hydrogen (secondary N) is 1. The topological polar surface area (TPSA) is 209 Å². The summed E-state index contributed by atoms with van der Waals surface area (Å²) >= 11 is 0. The number of methoxy groups -OCH3 is 1. The van der Waals surface area contributed by atoms with Gasteiger partial charge in [0.05, 0.1) is 18.7 Å². The van der Waals surface area contributed by atoms with Gasteiger partial charge < -0.3 is 35.6 Å². The van der Waals surface area contributed by atoms with Crippen LogP contribution >= 0.6 is 0 Å². The highest BCUT2D eigenvalue weighted by Gasteiger charge is 2.64. The molecule has 13 nitrogen and oxygen atoms in total. The zero-order chi connectivity index (χ0) is 34.7. The summed E-state index contributed by atoms with van der Waals surface area (Å²) in [5.74, 6) is -6.20. The third-order valence-electron chi connectivity index (χ3n) is 9.32. The number of Topliss-reactive ketones (excluding diaryl/α,β-unsaturated/α-hetero) is 2. The normalized spacial score (nSPS) is 23.3. The van der Waals surface area contributed by atoms with Gasteiger partial charge in [0.15, 0.2) is 11.4 Å². The fraction of sp³-hybridized carbons (Fsp3) is 0.257. The summed E-state index contributed by atoms with van der Waals surface area (Å²) in [6.45, 7) is 0. The van der Waals surface area contributed by atoms with Crippen LogP contribution in [0.1, 0.15) is 17.5 Å². The van der Waals surface area contributed by atoms with Crippen LogP contribution in [-0.4, -0.2) is 81.7 Å². The number of phenolic OH excluding ortho intramolecular Hbond substituents is 1. The lowest BCUT2D eigenvalue weighted by atomic mass is 9.57. The number of aliphatic hydroxyl groups is 3. The van der Waals surface area contributed by atoms with Crippen LogP contribution in [0, 0.1) is 11.8 Å². The minimum atomic E-state index is -2.71. The molecule has 0 radical (unpaired) electrons. The molecule has 3 aliphatic rings. The Morgan fingerprint density at radius 1 is 0.958 bits per heavy atom. The molecule has 13 heteroatoms. The fourth-order valence-electron chi connectivity index (χ4n) is 7.14. The molecule has 1 fully saturated rings. The van der Waals surface area contributed by atoms with Crippen LogP contribution in [0.4, 0.5) is 10.5 Å².